The minimum absolute atomic E-state index is 0.165. The van der Waals surface area contributed by atoms with E-state index >= 15 is 0 Å². The maximum atomic E-state index is 13.5. The molecule has 3 aromatic heterocycles. The Morgan fingerprint density at radius 1 is 0.905 bits per heavy atom. The number of piperazine rings is 1. The van der Waals surface area contributed by atoms with Gasteiger partial charge in [0, 0.05) is 56.6 Å². The van der Waals surface area contributed by atoms with E-state index in [1.807, 2.05) is 75.2 Å². The zero-order valence-corrected chi connectivity index (χ0v) is 24.4. The van der Waals surface area contributed by atoms with E-state index in [1.165, 1.54) is 0 Å². The summed E-state index contributed by atoms with van der Waals surface area (Å²) >= 11 is 0. The molecule has 5 heterocycles. The third-order valence-electron chi connectivity index (χ3n) is 8.40. The molecule has 0 aliphatic carbocycles. The molecular formula is C32H35N7O3. The summed E-state index contributed by atoms with van der Waals surface area (Å²) < 4.78 is 6.38. The number of pyridine rings is 2. The first-order chi connectivity index (χ1) is 20.2. The highest BCUT2D eigenvalue weighted by Gasteiger charge is 2.41. The fraction of sp³-hybridized carbons (Fsp3) is 0.344. The highest BCUT2D eigenvalue weighted by Crippen LogP contribution is 2.43. The van der Waals surface area contributed by atoms with E-state index < -0.39 is 5.60 Å². The van der Waals surface area contributed by atoms with Crippen LogP contribution in [0.15, 0.2) is 54.9 Å². The van der Waals surface area contributed by atoms with Crippen molar-refractivity contribution in [3.05, 3.63) is 77.1 Å². The van der Waals surface area contributed by atoms with Crippen molar-refractivity contribution in [1.82, 2.24) is 30.4 Å². The van der Waals surface area contributed by atoms with Gasteiger partial charge in [0.15, 0.2) is 11.4 Å². The second kappa shape index (κ2) is 11.0. The normalized spacial score (nSPS) is 18.7. The van der Waals surface area contributed by atoms with Gasteiger partial charge in [-0.1, -0.05) is 12.1 Å². The molecule has 10 heteroatoms. The van der Waals surface area contributed by atoms with Gasteiger partial charge in [0.1, 0.15) is 23.0 Å². The number of ether oxygens (including phenoxy) is 1. The summed E-state index contributed by atoms with van der Waals surface area (Å²) in [4.78, 5) is 34.3. The Bertz CT molecular complexity index is 1570. The molecule has 0 radical (unpaired) electrons. The molecule has 1 unspecified atom stereocenters. The van der Waals surface area contributed by atoms with Gasteiger partial charge in [-0.05, 0) is 75.1 Å². The van der Waals surface area contributed by atoms with Gasteiger partial charge in [-0.2, -0.15) is 0 Å². The van der Waals surface area contributed by atoms with Crippen LogP contribution in [0, 0.1) is 20.8 Å². The van der Waals surface area contributed by atoms with E-state index in [4.69, 9.17) is 14.7 Å². The molecule has 2 aliphatic rings. The van der Waals surface area contributed by atoms with Crippen molar-refractivity contribution in [3.63, 3.8) is 0 Å². The van der Waals surface area contributed by atoms with E-state index in [0.29, 0.717) is 62.0 Å². The summed E-state index contributed by atoms with van der Waals surface area (Å²) in [6, 6.07) is 13.4. The molecule has 1 atom stereocenters. The average molecular weight is 566 g/mol. The van der Waals surface area contributed by atoms with E-state index in [1.54, 1.807) is 12.4 Å². The second-order valence-corrected chi connectivity index (χ2v) is 11.1. The Morgan fingerprint density at radius 3 is 2.26 bits per heavy atom. The molecule has 1 aromatic carbocycles. The number of nitrogens with one attached hydrogen (secondary N) is 1. The SMILES string of the molecule is Cc1c(C)c2c(c(C)c1O)CCC(C)(C(=O)NN1CCN(c3cc(-c4ccccn4)nc(-c4ccccn4)n3)CC1)O2. The van der Waals surface area contributed by atoms with Gasteiger partial charge in [0.05, 0.1) is 11.4 Å². The first-order valence-electron chi connectivity index (χ1n) is 14.3. The van der Waals surface area contributed by atoms with E-state index in [9.17, 15) is 9.90 Å². The molecule has 216 valence electrons. The van der Waals surface area contributed by atoms with Crippen LogP contribution in [0.4, 0.5) is 5.82 Å². The first-order valence-corrected chi connectivity index (χ1v) is 14.3. The van der Waals surface area contributed by atoms with Gasteiger partial charge in [-0.15, -0.1) is 0 Å². The Morgan fingerprint density at radius 2 is 1.60 bits per heavy atom. The van der Waals surface area contributed by atoms with Gasteiger partial charge < -0.3 is 14.7 Å². The largest absolute Gasteiger partial charge is 0.507 e. The fourth-order valence-electron chi connectivity index (χ4n) is 5.57. The molecule has 0 spiro atoms. The summed E-state index contributed by atoms with van der Waals surface area (Å²) in [5.41, 5.74) is 7.76. The summed E-state index contributed by atoms with van der Waals surface area (Å²) in [5, 5.41) is 12.4. The molecule has 0 saturated carbocycles. The number of aromatic nitrogens is 4. The summed E-state index contributed by atoms with van der Waals surface area (Å²) in [6.07, 6.45) is 4.68. The molecule has 4 aromatic rings. The third-order valence-corrected chi connectivity index (χ3v) is 8.40. The number of aromatic hydroxyl groups is 1. The molecule has 1 fully saturated rings. The predicted molar refractivity (Wildman–Crippen MR) is 160 cm³/mol. The molecule has 1 saturated heterocycles. The van der Waals surface area contributed by atoms with Crippen LogP contribution in [0.25, 0.3) is 22.9 Å². The van der Waals surface area contributed by atoms with Crippen LogP contribution < -0.4 is 15.1 Å². The van der Waals surface area contributed by atoms with Gasteiger partial charge in [0.2, 0.25) is 0 Å². The summed E-state index contributed by atoms with van der Waals surface area (Å²) in [5.74, 6) is 2.19. The number of hydrogen-bond donors (Lipinski definition) is 2. The fourth-order valence-corrected chi connectivity index (χ4v) is 5.57. The quantitative estimate of drug-likeness (QED) is 0.368. The van der Waals surface area contributed by atoms with E-state index in [0.717, 1.165) is 39.5 Å². The van der Waals surface area contributed by atoms with Crippen LogP contribution >= 0.6 is 0 Å². The number of carbonyl (C=O) groups is 1. The maximum absolute atomic E-state index is 13.5. The number of rotatable bonds is 5. The lowest BCUT2D eigenvalue weighted by Crippen LogP contribution is -2.60. The third kappa shape index (κ3) is 5.14. The smallest absolute Gasteiger partial charge is 0.278 e. The zero-order chi connectivity index (χ0) is 29.4. The molecular weight excluding hydrogens is 530 g/mol. The summed E-state index contributed by atoms with van der Waals surface area (Å²) in [6.45, 7) is 10.1. The van der Waals surface area contributed by atoms with Gasteiger partial charge in [-0.3, -0.25) is 20.2 Å². The number of hydrogen-bond acceptors (Lipinski definition) is 9. The Hall–Kier alpha value is -4.57. The van der Waals surface area contributed by atoms with Crippen molar-refractivity contribution < 1.29 is 14.6 Å². The van der Waals surface area contributed by atoms with Crippen molar-refractivity contribution in [1.29, 1.82) is 0 Å². The number of amides is 1. The molecule has 1 amide bonds. The number of phenolic OH excluding ortho intramolecular Hbond substituents is 1. The van der Waals surface area contributed by atoms with Crippen molar-refractivity contribution in [2.45, 2.75) is 46.1 Å². The monoisotopic (exact) mass is 565 g/mol. The number of hydrazine groups is 1. The molecule has 6 rings (SSSR count). The molecule has 0 bridgehead atoms. The van der Waals surface area contributed by atoms with Gasteiger partial charge in [0.25, 0.3) is 5.91 Å². The minimum Gasteiger partial charge on any atom is -0.507 e. The van der Waals surface area contributed by atoms with Crippen LogP contribution in [0.3, 0.4) is 0 Å². The van der Waals surface area contributed by atoms with Crippen LogP contribution in [0.1, 0.15) is 35.6 Å². The zero-order valence-electron chi connectivity index (χ0n) is 24.4. The topological polar surface area (TPSA) is 117 Å². The number of fused-ring (bicyclic) bond motifs is 1. The van der Waals surface area contributed by atoms with Crippen LogP contribution in [-0.4, -0.2) is 67.7 Å². The number of phenols is 1. The van der Waals surface area contributed by atoms with E-state index in [-0.39, 0.29) is 5.91 Å². The molecule has 42 heavy (non-hydrogen) atoms. The molecule has 10 nitrogen and oxygen atoms in total. The lowest BCUT2D eigenvalue weighted by Gasteiger charge is -2.40. The number of carbonyl (C=O) groups excluding carboxylic acids is 1. The average Bonchev–Trinajstić information content (AvgIpc) is 3.03. The lowest BCUT2D eigenvalue weighted by molar-refractivity contribution is -0.142. The Labute approximate surface area is 245 Å². The first kappa shape index (κ1) is 27.6. The van der Waals surface area contributed by atoms with Gasteiger partial charge >= 0.3 is 0 Å². The number of benzene rings is 1. The lowest BCUT2D eigenvalue weighted by atomic mass is 9.87. The van der Waals surface area contributed by atoms with Crippen molar-refractivity contribution >= 4 is 11.7 Å². The molecule has 2 aliphatic heterocycles. The summed E-state index contributed by atoms with van der Waals surface area (Å²) in [7, 11) is 0. The Kier molecular flexibility index (Phi) is 7.24. The highest BCUT2D eigenvalue weighted by atomic mass is 16.5. The predicted octanol–water partition coefficient (Wildman–Crippen LogP) is 4.17. The van der Waals surface area contributed by atoms with E-state index in [2.05, 4.69) is 20.3 Å². The maximum Gasteiger partial charge on any atom is 0.278 e. The Balaban J connectivity index is 1.16. The number of nitrogens with zero attached hydrogens (tertiary/aromatic N) is 6. The van der Waals surface area contributed by atoms with Gasteiger partial charge in [-0.25, -0.2) is 15.0 Å². The van der Waals surface area contributed by atoms with Crippen LogP contribution in [0.5, 0.6) is 11.5 Å². The van der Waals surface area contributed by atoms with Crippen LogP contribution in [0.2, 0.25) is 0 Å². The molecule has 2 N–H and O–H groups in total. The number of anilines is 1. The van der Waals surface area contributed by atoms with Crippen molar-refractivity contribution in [3.8, 4) is 34.4 Å². The van der Waals surface area contributed by atoms with Crippen molar-refractivity contribution in [2.24, 2.45) is 0 Å². The minimum atomic E-state index is -1.01. The van der Waals surface area contributed by atoms with Crippen molar-refractivity contribution in [2.75, 3.05) is 31.1 Å². The van der Waals surface area contributed by atoms with Crippen LogP contribution in [-0.2, 0) is 11.2 Å². The highest BCUT2D eigenvalue weighted by molar-refractivity contribution is 5.85. The second-order valence-electron chi connectivity index (χ2n) is 11.1. The standard InChI is InChI=1S/C32H35N7O3/c1-20-21(2)29-23(22(3)28(20)40)11-12-32(4,42-29)31(41)37-39-17-15-38(16-18-39)27-19-26(24-9-5-7-13-33-24)35-30(36-27)25-10-6-8-14-34-25/h5-10,13-14,19,40H,11-12,15-18H2,1-4H3,(H,37,41).